The van der Waals surface area contributed by atoms with Crippen molar-refractivity contribution in [3.8, 4) is 0 Å². The standard InChI is InChI=1S/C12H17N3O2S/c1-3-17-12(16)9-10(15-6-4-5-7-15)13-8-14(2)11(9)18/h8H,3-7H2,1-2H3. The van der Waals surface area contributed by atoms with Gasteiger partial charge in [-0.1, -0.05) is 12.2 Å². The van der Waals surface area contributed by atoms with E-state index in [1.807, 2.05) is 0 Å². The fourth-order valence-corrected chi connectivity index (χ4v) is 2.30. The molecule has 0 aliphatic carbocycles. The predicted octanol–water partition coefficient (Wildman–Crippen LogP) is 1.93. The molecule has 1 aliphatic heterocycles. The van der Waals surface area contributed by atoms with Crippen molar-refractivity contribution in [2.45, 2.75) is 19.8 Å². The molecule has 0 amide bonds. The van der Waals surface area contributed by atoms with Gasteiger partial charge in [0.05, 0.1) is 12.9 Å². The van der Waals surface area contributed by atoms with Crippen molar-refractivity contribution in [3.05, 3.63) is 16.5 Å². The van der Waals surface area contributed by atoms with Crippen molar-refractivity contribution in [1.29, 1.82) is 0 Å². The van der Waals surface area contributed by atoms with E-state index in [9.17, 15) is 4.79 Å². The number of aryl methyl sites for hydroxylation is 1. The Kier molecular flexibility index (Phi) is 3.96. The number of carbonyl (C=O) groups excluding carboxylic acids is 1. The Hall–Kier alpha value is -1.43. The Morgan fingerprint density at radius 1 is 1.50 bits per heavy atom. The molecule has 1 aromatic heterocycles. The molecule has 6 heteroatoms. The summed E-state index contributed by atoms with van der Waals surface area (Å²) in [4.78, 5) is 18.5. The molecule has 0 bridgehead atoms. The maximum absolute atomic E-state index is 12.0. The summed E-state index contributed by atoms with van der Waals surface area (Å²) < 4.78 is 7.22. The zero-order chi connectivity index (χ0) is 13.1. The smallest absolute Gasteiger partial charge is 0.344 e. The van der Waals surface area contributed by atoms with E-state index in [0.29, 0.717) is 22.6 Å². The van der Waals surface area contributed by atoms with Gasteiger partial charge in [0.15, 0.2) is 0 Å². The minimum absolute atomic E-state index is 0.339. The average molecular weight is 267 g/mol. The van der Waals surface area contributed by atoms with Crippen LogP contribution in [0.1, 0.15) is 30.1 Å². The zero-order valence-corrected chi connectivity index (χ0v) is 11.5. The Labute approximate surface area is 111 Å². The second kappa shape index (κ2) is 5.48. The molecule has 1 saturated heterocycles. The summed E-state index contributed by atoms with van der Waals surface area (Å²) in [6.45, 7) is 3.96. The highest BCUT2D eigenvalue weighted by Gasteiger charge is 2.23. The third-order valence-corrected chi connectivity index (χ3v) is 3.49. The Morgan fingerprint density at radius 2 is 2.17 bits per heavy atom. The van der Waals surface area contributed by atoms with E-state index < -0.39 is 0 Å². The van der Waals surface area contributed by atoms with E-state index >= 15 is 0 Å². The molecule has 0 radical (unpaired) electrons. The van der Waals surface area contributed by atoms with Crippen molar-refractivity contribution in [1.82, 2.24) is 9.55 Å². The first kappa shape index (κ1) is 13.0. The van der Waals surface area contributed by atoms with Crippen LogP contribution in [0.25, 0.3) is 0 Å². The van der Waals surface area contributed by atoms with Gasteiger partial charge >= 0.3 is 5.97 Å². The number of nitrogens with zero attached hydrogens (tertiary/aromatic N) is 3. The molecule has 2 rings (SSSR count). The first-order valence-electron chi connectivity index (χ1n) is 6.13. The fourth-order valence-electron chi connectivity index (χ4n) is 2.08. The molecule has 0 aromatic carbocycles. The Morgan fingerprint density at radius 3 is 2.78 bits per heavy atom. The molecule has 98 valence electrons. The number of aromatic nitrogens is 2. The number of carbonyl (C=O) groups is 1. The second-order valence-corrected chi connectivity index (χ2v) is 4.66. The van der Waals surface area contributed by atoms with Gasteiger partial charge < -0.3 is 14.2 Å². The number of rotatable bonds is 3. The molecule has 0 N–H and O–H groups in total. The molecule has 18 heavy (non-hydrogen) atoms. The lowest BCUT2D eigenvalue weighted by Crippen LogP contribution is -2.24. The van der Waals surface area contributed by atoms with Crippen molar-refractivity contribution >= 4 is 24.0 Å². The normalized spacial score (nSPS) is 14.9. The van der Waals surface area contributed by atoms with Crippen molar-refractivity contribution in [2.24, 2.45) is 7.05 Å². The number of anilines is 1. The van der Waals surface area contributed by atoms with Gasteiger partial charge in [-0.3, -0.25) is 0 Å². The lowest BCUT2D eigenvalue weighted by molar-refractivity contribution is 0.0525. The minimum atomic E-state index is -0.381. The van der Waals surface area contributed by atoms with Crippen molar-refractivity contribution < 1.29 is 9.53 Å². The monoisotopic (exact) mass is 267 g/mol. The summed E-state index contributed by atoms with van der Waals surface area (Å²) in [5.74, 6) is 0.280. The lowest BCUT2D eigenvalue weighted by atomic mass is 10.3. The summed E-state index contributed by atoms with van der Waals surface area (Å²) in [6.07, 6.45) is 3.90. The van der Waals surface area contributed by atoms with E-state index in [1.165, 1.54) is 0 Å². The van der Waals surface area contributed by atoms with Crippen LogP contribution in [-0.4, -0.2) is 35.2 Å². The summed E-state index contributed by atoms with van der Waals surface area (Å²) in [5, 5.41) is 0. The van der Waals surface area contributed by atoms with Crippen LogP contribution in [0.15, 0.2) is 6.33 Å². The molecule has 0 spiro atoms. The molecule has 0 unspecified atom stereocenters. The van der Waals surface area contributed by atoms with E-state index in [-0.39, 0.29) is 5.97 Å². The van der Waals surface area contributed by atoms with E-state index in [0.717, 1.165) is 25.9 Å². The first-order valence-corrected chi connectivity index (χ1v) is 6.53. The SMILES string of the molecule is CCOC(=O)c1c(N2CCCC2)ncn(C)c1=S. The van der Waals surface area contributed by atoms with Crippen LogP contribution in [0.2, 0.25) is 0 Å². The summed E-state index contributed by atoms with van der Waals surface area (Å²) in [6, 6.07) is 0. The lowest BCUT2D eigenvalue weighted by Gasteiger charge is -2.19. The van der Waals surface area contributed by atoms with E-state index in [4.69, 9.17) is 17.0 Å². The number of esters is 1. The molecule has 1 fully saturated rings. The van der Waals surface area contributed by atoms with Gasteiger partial charge in [-0.05, 0) is 19.8 Å². The van der Waals surface area contributed by atoms with Crippen LogP contribution in [0.5, 0.6) is 0 Å². The molecule has 5 nitrogen and oxygen atoms in total. The highest BCUT2D eigenvalue weighted by molar-refractivity contribution is 7.71. The highest BCUT2D eigenvalue weighted by atomic mass is 32.1. The molecule has 0 saturated carbocycles. The first-order chi connectivity index (χ1) is 8.65. The maximum Gasteiger partial charge on any atom is 0.344 e. The van der Waals surface area contributed by atoms with Crippen LogP contribution in [-0.2, 0) is 11.8 Å². The topological polar surface area (TPSA) is 47.4 Å². The molecule has 0 atom stereocenters. The molecule has 1 aliphatic rings. The molecule has 2 heterocycles. The van der Waals surface area contributed by atoms with Gasteiger partial charge in [0.1, 0.15) is 16.0 Å². The predicted molar refractivity (Wildman–Crippen MR) is 71.4 cm³/mol. The van der Waals surface area contributed by atoms with Crippen LogP contribution in [0.3, 0.4) is 0 Å². The maximum atomic E-state index is 12.0. The van der Waals surface area contributed by atoms with Gasteiger partial charge in [-0.15, -0.1) is 0 Å². The number of ether oxygens (including phenoxy) is 1. The summed E-state index contributed by atoms with van der Waals surface area (Å²) in [5.41, 5.74) is 0.416. The van der Waals surface area contributed by atoms with Crippen LogP contribution < -0.4 is 4.90 Å². The molecule has 1 aromatic rings. The quantitative estimate of drug-likeness (QED) is 0.618. The van der Waals surface area contributed by atoms with Crippen LogP contribution in [0.4, 0.5) is 5.82 Å². The Bertz CT molecular complexity index is 507. The van der Waals surface area contributed by atoms with Crippen LogP contribution >= 0.6 is 12.2 Å². The number of hydrogen-bond acceptors (Lipinski definition) is 5. The van der Waals surface area contributed by atoms with Gasteiger partial charge in [-0.2, -0.15) is 0 Å². The number of hydrogen-bond donors (Lipinski definition) is 0. The summed E-state index contributed by atoms with van der Waals surface area (Å²) >= 11 is 5.30. The summed E-state index contributed by atoms with van der Waals surface area (Å²) in [7, 11) is 1.78. The van der Waals surface area contributed by atoms with Crippen molar-refractivity contribution in [2.75, 3.05) is 24.6 Å². The Balaban J connectivity index is 2.48. The third-order valence-electron chi connectivity index (χ3n) is 3.00. The van der Waals surface area contributed by atoms with Gasteiger partial charge in [0.2, 0.25) is 0 Å². The average Bonchev–Trinajstić information content (AvgIpc) is 2.86. The second-order valence-electron chi connectivity index (χ2n) is 4.27. The largest absolute Gasteiger partial charge is 0.462 e. The molecular weight excluding hydrogens is 250 g/mol. The molecular formula is C12H17N3O2S. The fraction of sp³-hybridized carbons (Fsp3) is 0.583. The zero-order valence-electron chi connectivity index (χ0n) is 10.7. The third kappa shape index (κ3) is 2.38. The van der Waals surface area contributed by atoms with Crippen molar-refractivity contribution in [3.63, 3.8) is 0 Å². The van der Waals surface area contributed by atoms with Crippen LogP contribution in [0, 0.1) is 4.64 Å². The van der Waals surface area contributed by atoms with Gasteiger partial charge in [0, 0.05) is 20.1 Å². The van der Waals surface area contributed by atoms with Gasteiger partial charge in [0.25, 0.3) is 0 Å². The minimum Gasteiger partial charge on any atom is -0.462 e. The van der Waals surface area contributed by atoms with E-state index in [2.05, 4.69) is 9.88 Å². The highest BCUT2D eigenvalue weighted by Crippen LogP contribution is 2.23. The van der Waals surface area contributed by atoms with E-state index in [1.54, 1.807) is 24.9 Å². The van der Waals surface area contributed by atoms with Gasteiger partial charge in [-0.25, -0.2) is 9.78 Å².